The van der Waals surface area contributed by atoms with E-state index < -0.39 is 185 Å². The molecule has 0 amide bonds. The molecule has 123 heavy (non-hydrogen) atoms. The molecule has 0 spiro atoms. The van der Waals surface area contributed by atoms with E-state index >= 15 is 0 Å². The highest BCUT2D eigenvalue weighted by Crippen LogP contribution is 2.57. The number of alkyl halides is 3. The summed E-state index contributed by atoms with van der Waals surface area (Å²) in [5.74, 6) is -4.26. The predicted octanol–water partition coefficient (Wildman–Crippen LogP) is 7.49. The number of aliphatic hydroxyl groups excluding tert-OH is 3. The lowest BCUT2D eigenvalue weighted by Gasteiger charge is -2.31. The monoisotopic (exact) mass is 1790 g/mol. The number of esters is 3. The number of carbonyl (C=O) groups is 3. The standard InChI is InChI=1S/3C26H35FN5O8P/c3*1-14(2)37-23(35)15(3)12-41(36,40-17-8-6-5-7-9-17)39-16(4)19-20(33)26(29,13-27)24(38-19)32-11-10-18-21(32)30-25(28)31-22(18)34/h3*5-11,14-16,19-20,24,33H,12-13,29H2,1-4H3,(H3,28,30,31,34)/t15-,16-,19-,20+,24-,26?,41?;15-,16-,19-,20+,24-,26?,41+;15-,16-,19-,20+,24-,26?,41-/m111/s1. The first-order chi connectivity index (χ1) is 57.8. The van der Waals surface area contributed by atoms with Gasteiger partial charge in [-0.3, -0.25) is 57.3 Å². The number of carbonyl (C=O) groups excluding carboxylic acids is 3. The van der Waals surface area contributed by atoms with Gasteiger partial charge < -0.3 is 105 Å². The number of anilines is 3. The van der Waals surface area contributed by atoms with Gasteiger partial charge in [-0.05, 0) is 117 Å². The maximum Gasteiger partial charge on any atom is 0.380 e. The fraction of sp³-hybridized carbons (Fsp3) is 0.500. The van der Waals surface area contributed by atoms with Crippen LogP contribution in [-0.4, -0.2) is 205 Å². The Bertz CT molecular complexity index is 4980. The Morgan fingerprint density at radius 1 is 0.423 bits per heavy atom. The number of nitrogens with one attached hydrogen (secondary N) is 3. The lowest BCUT2D eigenvalue weighted by Crippen LogP contribution is -2.57. The van der Waals surface area contributed by atoms with Crippen LogP contribution in [0.15, 0.2) is 142 Å². The number of hydrogen-bond acceptors (Lipinski definition) is 33. The minimum atomic E-state index is -4.12. The maximum absolute atomic E-state index is 14.5. The van der Waals surface area contributed by atoms with Gasteiger partial charge in [0.25, 0.3) is 16.7 Å². The third kappa shape index (κ3) is 21.6. The molecule has 0 aliphatic carbocycles. The average molecular weight is 1790 g/mol. The normalized spacial score (nSPS) is 25.6. The molecular weight excluding hydrogens is 1680 g/mol. The molecule has 4 unspecified atom stereocenters. The van der Waals surface area contributed by atoms with Gasteiger partial charge in [0.05, 0.1) is 89.0 Å². The quantitative estimate of drug-likeness (QED) is 0.0108. The van der Waals surface area contributed by atoms with Crippen molar-refractivity contribution >= 4 is 91.6 Å². The number of nitrogens with two attached hydrogens (primary N) is 6. The van der Waals surface area contributed by atoms with Crippen LogP contribution in [0.3, 0.4) is 0 Å². The summed E-state index contributed by atoms with van der Waals surface area (Å²) in [7, 11) is -12.4. The van der Waals surface area contributed by atoms with E-state index in [0.29, 0.717) is 0 Å². The molecule has 21 atom stereocenters. The summed E-state index contributed by atoms with van der Waals surface area (Å²) in [4.78, 5) is 93.9. The van der Waals surface area contributed by atoms with Crippen LogP contribution in [0.1, 0.15) is 102 Å². The summed E-state index contributed by atoms with van der Waals surface area (Å²) in [6.07, 6.45) is -14.4. The summed E-state index contributed by atoms with van der Waals surface area (Å²) in [5, 5.41) is 34.0. The topological polar surface area (TPSA) is 582 Å². The molecular formula is C78H105F3N15O24P3. The Kier molecular flexibility index (Phi) is 30.3. The molecule has 3 aromatic carbocycles. The van der Waals surface area contributed by atoms with Crippen molar-refractivity contribution in [1.29, 1.82) is 0 Å². The van der Waals surface area contributed by atoms with E-state index in [1.165, 1.54) is 92.0 Å². The Hall–Kier alpha value is -9.87. The number of nitrogen functional groups attached to an aromatic ring is 3. The Labute approximate surface area is 702 Å². The van der Waals surface area contributed by atoms with Crippen molar-refractivity contribution in [3.8, 4) is 17.2 Å². The Balaban J connectivity index is 0.000000193. The zero-order valence-electron chi connectivity index (χ0n) is 69.3. The van der Waals surface area contributed by atoms with Crippen molar-refractivity contribution < 1.29 is 112 Å². The number of aliphatic hydroxyl groups is 3. The molecule has 3 aliphatic heterocycles. The van der Waals surface area contributed by atoms with Crippen LogP contribution in [0, 0.1) is 17.8 Å². The van der Waals surface area contributed by atoms with E-state index in [2.05, 4.69) is 29.9 Å². The van der Waals surface area contributed by atoms with Crippen molar-refractivity contribution in [1.82, 2.24) is 43.6 Å². The molecule has 12 rings (SSSR count). The number of nitrogens with zero attached hydrogens (tertiary/aromatic N) is 6. The van der Waals surface area contributed by atoms with E-state index in [0.717, 1.165) is 0 Å². The Morgan fingerprint density at radius 2 is 0.650 bits per heavy atom. The second kappa shape index (κ2) is 39.1. The summed E-state index contributed by atoms with van der Waals surface area (Å²) in [6.45, 7) is 15.4. The average Bonchev–Trinajstić information content (AvgIpc) is 1.59. The summed E-state index contributed by atoms with van der Waals surface area (Å²) in [6, 6.07) is 29.0. The van der Waals surface area contributed by atoms with Crippen molar-refractivity contribution in [2.75, 3.05) is 55.7 Å². The summed E-state index contributed by atoms with van der Waals surface area (Å²) >= 11 is 0. The Morgan fingerprint density at radius 3 is 0.862 bits per heavy atom. The molecule has 3 saturated heterocycles. The molecule has 45 heteroatoms. The molecule has 3 fully saturated rings. The van der Waals surface area contributed by atoms with E-state index in [1.807, 2.05) is 0 Å². The first kappa shape index (κ1) is 95.4. The molecule has 39 nitrogen and oxygen atoms in total. The zero-order valence-corrected chi connectivity index (χ0v) is 72.0. The maximum atomic E-state index is 14.5. The number of halogens is 3. The van der Waals surface area contributed by atoms with Crippen molar-refractivity contribution in [3.05, 3.63) is 159 Å². The lowest BCUT2D eigenvalue weighted by molar-refractivity contribution is -0.152. The van der Waals surface area contributed by atoms with Crippen molar-refractivity contribution in [3.63, 3.8) is 0 Å². The predicted molar refractivity (Wildman–Crippen MR) is 444 cm³/mol. The molecule has 0 saturated carbocycles. The van der Waals surface area contributed by atoms with Crippen LogP contribution in [-0.2, 0) is 70.1 Å². The van der Waals surface area contributed by atoms with Crippen LogP contribution in [0.2, 0.25) is 0 Å². The molecule has 0 bridgehead atoms. The van der Waals surface area contributed by atoms with E-state index in [9.17, 15) is 71.0 Å². The van der Waals surface area contributed by atoms with Gasteiger partial charge >= 0.3 is 40.7 Å². The van der Waals surface area contributed by atoms with Crippen LogP contribution >= 0.6 is 22.8 Å². The number of hydrogen-bond donors (Lipinski definition) is 12. The smallest absolute Gasteiger partial charge is 0.380 e. The first-order valence-corrected chi connectivity index (χ1v) is 44.3. The third-order valence-electron chi connectivity index (χ3n) is 20.2. The number of H-pyrrole nitrogens is 3. The first-order valence-electron chi connectivity index (χ1n) is 39.1. The highest BCUT2D eigenvalue weighted by Gasteiger charge is 2.61. The number of ether oxygens (including phenoxy) is 6. The summed E-state index contributed by atoms with van der Waals surface area (Å²) in [5.41, 5.74) is 28.8. The molecule has 18 N–H and O–H groups in total. The van der Waals surface area contributed by atoms with Gasteiger partial charge in [-0.2, -0.15) is 15.0 Å². The largest absolute Gasteiger partial charge is 0.463 e. The second-order valence-corrected chi connectivity index (χ2v) is 37.3. The SMILES string of the molecule is CC(C)OC(=O)[C@H](C)CP(=O)(Oc1ccccc1)O[C@H](C)[C@H]1O[C@@H](n2ccc3c(=O)[nH]c(N)nc32)C(N)(CF)[C@H]1O.CC(C)OC(=O)[C@H](C)C[P@@](=O)(Oc1ccccc1)O[C@H](C)[C@H]1O[C@@H](n2ccc3c(=O)[nH]c(N)nc32)C(N)(CF)[C@H]1O.CC(C)OC(=O)[C@H](C)C[P@](=O)(Oc1ccccc1)O[C@H](C)[C@H]1O[C@@H](n2ccc3c(=O)[nH]c(N)nc32)C(N)(CF)[C@H]1O. The molecule has 6 aromatic heterocycles. The number of benzene rings is 3. The number of fused-ring (bicyclic) bond motifs is 3. The lowest BCUT2D eigenvalue weighted by atomic mass is 9.91. The second-order valence-electron chi connectivity index (χ2n) is 31.4. The van der Waals surface area contributed by atoms with Gasteiger partial charge in [0.2, 0.25) is 17.8 Å². The molecule has 3 aliphatic rings. The van der Waals surface area contributed by atoms with E-state index in [1.54, 1.807) is 133 Å². The van der Waals surface area contributed by atoms with Crippen LogP contribution < -0.4 is 64.7 Å². The minimum absolute atomic E-state index is 0.0662. The number of para-hydroxylation sites is 3. The molecule has 9 heterocycles. The highest BCUT2D eigenvalue weighted by molar-refractivity contribution is 7.55. The fourth-order valence-corrected chi connectivity index (χ4v) is 20.4. The number of aromatic amines is 3. The van der Waals surface area contributed by atoms with Crippen molar-refractivity contribution in [2.24, 2.45) is 35.0 Å². The third-order valence-corrected chi connectivity index (χ3v) is 26.6. The number of aromatic nitrogens is 9. The fourth-order valence-electron chi connectivity index (χ4n) is 14.1. The summed E-state index contributed by atoms with van der Waals surface area (Å²) < 4.78 is 159. The van der Waals surface area contributed by atoms with Crippen LogP contribution in [0.25, 0.3) is 33.1 Å². The van der Waals surface area contributed by atoms with Gasteiger partial charge in [0.1, 0.15) is 90.5 Å². The van der Waals surface area contributed by atoms with Gasteiger partial charge in [-0.25, -0.2) is 26.9 Å². The number of rotatable bonds is 33. The highest BCUT2D eigenvalue weighted by atomic mass is 31.2. The zero-order chi connectivity index (χ0) is 90.3. The van der Waals surface area contributed by atoms with Crippen molar-refractivity contribution in [2.45, 2.75) is 192 Å². The molecule has 9 aromatic rings. The van der Waals surface area contributed by atoms with Crippen LogP contribution in [0.4, 0.5) is 31.0 Å². The minimum Gasteiger partial charge on any atom is -0.463 e. The van der Waals surface area contributed by atoms with Gasteiger partial charge in [0, 0.05) is 18.6 Å². The van der Waals surface area contributed by atoms with Gasteiger partial charge in [0.15, 0.2) is 35.6 Å². The van der Waals surface area contributed by atoms with Gasteiger partial charge in [-0.1, -0.05) is 75.4 Å². The van der Waals surface area contributed by atoms with E-state index in [-0.39, 0.29) is 105 Å². The molecule has 0 radical (unpaired) electrons. The van der Waals surface area contributed by atoms with Crippen LogP contribution in [0.5, 0.6) is 17.2 Å². The molecule has 672 valence electrons. The van der Waals surface area contributed by atoms with Gasteiger partial charge in [-0.15, -0.1) is 0 Å². The van der Waals surface area contributed by atoms with E-state index in [4.69, 9.17) is 90.0 Å².